The van der Waals surface area contributed by atoms with E-state index in [0.29, 0.717) is 0 Å². The highest BCUT2D eigenvalue weighted by Gasteiger charge is 2.07. The van der Waals surface area contributed by atoms with Crippen molar-refractivity contribution in [3.8, 4) is 9.75 Å². The fraction of sp³-hybridized carbons (Fsp3) is 0. The summed E-state index contributed by atoms with van der Waals surface area (Å²) in [6.45, 7) is 0. The van der Waals surface area contributed by atoms with Crippen LogP contribution < -0.4 is 5.73 Å². The summed E-state index contributed by atoms with van der Waals surface area (Å²) in [6.07, 6.45) is 0. The number of thiophene rings is 2. The van der Waals surface area contributed by atoms with Crippen LogP contribution in [-0.4, -0.2) is 0 Å². The molecule has 1 nitrogen and oxygen atoms in total. The maximum Gasteiger partial charge on any atom is 0.0597 e. The van der Waals surface area contributed by atoms with Gasteiger partial charge in [-0.05, 0) is 11.4 Å². The van der Waals surface area contributed by atoms with Gasteiger partial charge in [0, 0.05) is 15.2 Å². The van der Waals surface area contributed by atoms with Crippen LogP contribution in [0.15, 0.2) is 27.8 Å². The third-order valence-corrected chi connectivity index (χ3v) is 4.22. The van der Waals surface area contributed by atoms with Gasteiger partial charge in [0.25, 0.3) is 0 Å². The lowest BCUT2D eigenvalue weighted by atomic mass is 10.3. The van der Waals surface area contributed by atoms with Crippen molar-refractivity contribution < 1.29 is 0 Å². The molecule has 0 saturated carbocycles. The van der Waals surface area contributed by atoms with Gasteiger partial charge in [0.15, 0.2) is 0 Å². The summed E-state index contributed by atoms with van der Waals surface area (Å²) in [5, 5.41) is 3.98. The summed E-state index contributed by atoms with van der Waals surface area (Å²) < 4.78 is 0. The molecular formula is C8H7NS3. The van der Waals surface area contributed by atoms with Crippen molar-refractivity contribution in [3.05, 3.63) is 22.9 Å². The quantitative estimate of drug-likeness (QED) is 0.698. The maximum atomic E-state index is 5.69. The first kappa shape index (κ1) is 8.16. The molecular weight excluding hydrogens is 206 g/mol. The van der Waals surface area contributed by atoms with Gasteiger partial charge >= 0.3 is 0 Å². The van der Waals surface area contributed by atoms with Gasteiger partial charge in [-0.3, -0.25) is 0 Å². The number of nitrogens with two attached hydrogens (primary N) is 1. The van der Waals surface area contributed by atoms with E-state index in [1.807, 2.05) is 11.4 Å². The van der Waals surface area contributed by atoms with Crippen molar-refractivity contribution in [3.63, 3.8) is 0 Å². The predicted octanol–water partition coefficient (Wildman–Crippen LogP) is 3.35. The van der Waals surface area contributed by atoms with E-state index in [2.05, 4.69) is 24.1 Å². The first-order chi connectivity index (χ1) is 5.79. The smallest absolute Gasteiger partial charge is 0.0597 e. The van der Waals surface area contributed by atoms with Gasteiger partial charge in [-0.25, -0.2) is 0 Å². The van der Waals surface area contributed by atoms with Gasteiger partial charge in [-0.2, -0.15) is 0 Å². The number of nitrogen functional groups attached to an aromatic ring is 1. The monoisotopic (exact) mass is 213 g/mol. The van der Waals surface area contributed by atoms with Gasteiger partial charge in [-0.15, -0.1) is 35.3 Å². The normalized spacial score (nSPS) is 10.4. The van der Waals surface area contributed by atoms with Gasteiger partial charge in [0.05, 0.1) is 10.6 Å². The second-order valence-electron chi connectivity index (χ2n) is 2.35. The van der Waals surface area contributed by atoms with Crippen LogP contribution in [-0.2, 0) is 0 Å². The van der Waals surface area contributed by atoms with E-state index < -0.39 is 0 Å². The standard InChI is InChI=1S/C8H7NS3/c9-5-4-12-8(7(5)10)6-2-1-3-11-6/h1-4,10H,9H2. The molecule has 2 rings (SSSR count). The highest BCUT2D eigenvalue weighted by Crippen LogP contribution is 2.38. The van der Waals surface area contributed by atoms with E-state index in [9.17, 15) is 0 Å². The van der Waals surface area contributed by atoms with Crippen LogP contribution in [0.3, 0.4) is 0 Å². The summed E-state index contributed by atoms with van der Waals surface area (Å²) in [4.78, 5) is 3.31. The fourth-order valence-electron chi connectivity index (χ4n) is 0.948. The van der Waals surface area contributed by atoms with Crippen LogP contribution >= 0.6 is 35.3 Å². The molecule has 0 unspecified atom stereocenters. The minimum atomic E-state index is 0.770. The third kappa shape index (κ3) is 1.26. The van der Waals surface area contributed by atoms with E-state index in [4.69, 9.17) is 5.73 Å². The van der Waals surface area contributed by atoms with E-state index in [0.717, 1.165) is 10.6 Å². The Morgan fingerprint density at radius 1 is 1.33 bits per heavy atom. The number of rotatable bonds is 1. The number of hydrogen-bond donors (Lipinski definition) is 2. The zero-order valence-electron chi connectivity index (χ0n) is 6.15. The highest BCUT2D eigenvalue weighted by atomic mass is 32.1. The molecule has 12 heavy (non-hydrogen) atoms. The molecule has 0 aliphatic rings. The molecule has 0 saturated heterocycles. The summed E-state index contributed by atoms with van der Waals surface area (Å²) in [7, 11) is 0. The molecule has 2 N–H and O–H groups in total. The molecule has 2 heterocycles. The Balaban J connectivity index is 2.55. The maximum absolute atomic E-state index is 5.69. The molecule has 0 amide bonds. The van der Waals surface area contributed by atoms with Crippen molar-refractivity contribution in [2.45, 2.75) is 4.90 Å². The molecule has 2 aromatic heterocycles. The van der Waals surface area contributed by atoms with E-state index in [1.54, 1.807) is 22.7 Å². The summed E-state index contributed by atoms with van der Waals surface area (Å²) in [5.41, 5.74) is 6.46. The van der Waals surface area contributed by atoms with E-state index >= 15 is 0 Å². The Labute approximate surface area is 84.3 Å². The third-order valence-electron chi connectivity index (χ3n) is 1.54. The van der Waals surface area contributed by atoms with Crippen molar-refractivity contribution in [1.82, 2.24) is 0 Å². The van der Waals surface area contributed by atoms with Crippen molar-refractivity contribution in [2.24, 2.45) is 0 Å². The van der Waals surface area contributed by atoms with Gasteiger partial charge in [-0.1, -0.05) is 6.07 Å². The van der Waals surface area contributed by atoms with Crippen molar-refractivity contribution in [1.29, 1.82) is 0 Å². The lowest BCUT2D eigenvalue weighted by Crippen LogP contribution is -1.80. The largest absolute Gasteiger partial charge is 0.397 e. The van der Waals surface area contributed by atoms with E-state index in [1.165, 1.54) is 9.75 Å². The highest BCUT2D eigenvalue weighted by molar-refractivity contribution is 7.81. The number of hydrogen-bond acceptors (Lipinski definition) is 4. The Hall–Kier alpha value is -0.450. The molecule has 0 aliphatic carbocycles. The lowest BCUT2D eigenvalue weighted by Gasteiger charge is -1.93. The SMILES string of the molecule is Nc1csc(-c2cccs2)c1S. The van der Waals surface area contributed by atoms with Crippen molar-refractivity contribution >= 4 is 41.0 Å². The number of thiol groups is 1. The van der Waals surface area contributed by atoms with Crippen LogP contribution in [0.1, 0.15) is 0 Å². The summed E-state index contributed by atoms with van der Waals surface area (Å²) in [6, 6.07) is 4.11. The molecule has 2 aromatic rings. The van der Waals surface area contributed by atoms with Gasteiger partial charge in [0.2, 0.25) is 0 Å². The van der Waals surface area contributed by atoms with Gasteiger partial charge < -0.3 is 5.73 Å². The summed E-state index contributed by atoms with van der Waals surface area (Å²) >= 11 is 7.69. The Bertz CT molecular complexity index is 375. The van der Waals surface area contributed by atoms with E-state index in [-0.39, 0.29) is 0 Å². The molecule has 0 aliphatic heterocycles. The van der Waals surface area contributed by atoms with Crippen LogP contribution in [0, 0.1) is 0 Å². The first-order valence-corrected chi connectivity index (χ1v) is 5.59. The minimum Gasteiger partial charge on any atom is -0.397 e. The second-order valence-corrected chi connectivity index (χ2v) is 4.62. The first-order valence-electron chi connectivity index (χ1n) is 3.39. The van der Waals surface area contributed by atoms with Crippen LogP contribution in [0.4, 0.5) is 5.69 Å². The molecule has 0 spiro atoms. The number of anilines is 1. The average Bonchev–Trinajstić information content (AvgIpc) is 2.64. The topological polar surface area (TPSA) is 26.0 Å². The van der Waals surface area contributed by atoms with Crippen LogP contribution in [0.5, 0.6) is 0 Å². The van der Waals surface area contributed by atoms with Crippen LogP contribution in [0.2, 0.25) is 0 Å². The second kappa shape index (κ2) is 3.12. The average molecular weight is 213 g/mol. The minimum absolute atomic E-state index is 0.770. The van der Waals surface area contributed by atoms with Crippen LogP contribution in [0.25, 0.3) is 9.75 Å². The molecule has 0 fully saturated rings. The molecule has 4 heteroatoms. The predicted molar refractivity (Wildman–Crippen MR) is 59.3 cm³/mol. The molecule has 0 bridgehead atoms. The lowest BCUT2D eigenvalue weighted by molar-refractivity contribution is 1.59. The van der Waals surface area contributed by atoms with Gasteiger partial charge in [0.1, 0.15) is 0 Å². The molecule has 62 valence electrons. The Kier molecular flexibility index (Phi) is 2.12. The fourth-order valence-corrected chi connectivity index (χ4v) is 3.19. The Morgan fingerprint density at radius 2 is 2.17 bits per heavy atom. The molecule has 0 aromatic carbocycles. The zero-order valence-corrected chi connectivity index (χ0v) is 8.68. The Morgan fingerprint density at radius 3 is 2.67 bits per heavy atom. The summed E-state index contributed by atoms with van der Waals surface area (Å²) in [5.74, 6) is 0. The zero-order chi connectivity index (χ0) is 8.55. The molecule has 0 atom stereocenters. The molecule has 0 radical (unpaired) electrons. The van der Waals surface area contributed by atoms with Crippen molar-refractivity contribution in [2.75, 3.05) is 5.73 Å².